The van der Waals surface area contributed by atoms with E-state index in [1.807, 2.05) is 0 Å². The summed E-state index contributed by atoms with van der Waals surface area (Å²) in [7, 11) is 0. The van der Waals surface area contributed by atoms with Crippen LogP contribution < -0.4 is 0 Å². The van der Waals surface area contributed by atoms with Crippen molar-refractivity contribution in [3.63, 3.8) is 0 Å². The van der Waals surface area contributed by atoms with E-state index in [2.05, 4.69) is 0 Å². The number of aliphatic hydroxyl groups is 2. The first kappa shape index (κ1) is 41.7. The lowest BCUT2D eigenvalue weighted by atomic mass is 10.1. The lowest BCUT2D eigenvalue weighted by molar-refractivity contribution is -0.145. The molecule has 2 N–H and O–H groups in total. The first-order valence-corrected chi connectivity index (χ1v) is 13.2. The van der Waals surface area contributed by atoms with Crippen LogP contribution in [0.15, 0.2) is 36.4 Å². The van der Waals surface area contributed by atoms with Gasteiger partial charge in [-0.3, -0.25) is 4.79 Å². The second-order valence-corrected chi connectivity index (χ2v) is 10.2. The van der Waals surface area contributed by atoms with Gasteiger partial charge in [0.25, 0.3) is 0 Å². The van der Waals surface area contributed by atoms with Gasteiger partial charge in [0.15, 0.2) is 0 Å². The first-order chi connectivity index (χ1) is 18.0. The molecule has 3 aromatic rings. The molecule has 0 spiro atoms. The van der Waals surface area contributed by atoms with Gasteiger partial charge in [-0.15, -0.1) is 0 Å². The maximum atomic E-state index is 13.1. The molecule has 230 valence electrons. The fourth-order valence-corrected chi connectivity index (χ4v) is 5.13. The van der Waals surface area contributed by atoms with Crippen molar-refractivity contribution in [1.29, 1.82) is 0 Å². The van der Waals surface area contributed by atoms with Crippen molar-refractivity contribution >= 4 is 75.6 Å². The van der Waals surface area contributed by atoms with Crippen LogP contribution in [0.5, 0.6) is 0 Å². The molecule has 3 aromatic carbocycles. The highest BCUT2D eigenvalue weighted by Gasteiger charge is 2.19. The molecule has 0 aliphatic carbocycles. The summed E-state index contributed by atoms with van der Waals surface area (Å²) in [4.78, 5) is 10.7. The second-order valence-electron chi connectivity index (χ2n) is 7.87. The number of carbonyl (C=O) groups excluding carboxylic acids is 1. The summed E-state index contributed by atoms with van der Waals surface area (Å²) in [5, 5.41) is 18.8. The van der Waals surface area contributed by atoms with Gasteiger partial charge >= 0.3 is 5.97 Å². The van der Waals surface area contributed by atoms with Gasteiger partial charge < -0.3 is 14.9 Å². The Labute approximate surface area is 268 Å². The van der Waals surface area contributed by atoms with E-state index >= 15 is 0 Å². The van der Waals surface area contributed by atoms with E-state index in [0.29, 0.717) is 0 Å². The van der Waals surface area contributed by atoms with Crippen LogP contribution in [0.25, 0.3) is 0 Å². The Morgan fingerprint density at radius 1 is 0.634 bits per heavy atom. The zero-order valence-corrected chi connectivity index (χ0v) is 25.3. The Hall–Kier alpha value is -1.42. The quantitative estimate of drug-likeness (QED) is 0.210. The van der Waals surface area contributed by atoms with E-state index in [1.54, 1.807) is 6.92 Å². The molecule has 3 rings (SSSR count). The molecule has 0 saturated carbocycles. The third kappa shape index (κ3) is 12.0. The molecular weight excluding hydrogens is 670 g/mol. The molecule has 0 bridgehead atoms. The van der Waals surface area contributed by atoms with Crippen LogP contribution in [0.3, 0.4) is 0 Å². The zero-order chi connectivity index (χ0) is 30.2. The topological polar surface area (TPSA) is 66.8 Å². The van der Waals surface area contributed by atoms with Crippen molar-refractivity contribution in [2.45, 2.75) is 60.9 Å². The van der Waals surface area contributed by atoms with Gasteiger partial charge in [-0.1, -0.05) is 84.5 Å². The maximum Gasteiger partial charge on any atom is 0.303 e. The van der Waals surface area contributed by atoms with Crippen LogP contribution in [0.2, 0.25) is 30.1 Å². The van der Waals surface area contributed by atoms with E-state index < -0.39 is 41.7 Å². The predicted molar refractivity (Wildman–Crippen MR) is 164 cm³/mol. The Morgan fingerprint density at radius 2 is 0.902 bits per heavy atom. The number of hydrogen-bond acceptors (Lipinski definition) is 4. The van der Waals surface area contributed by atoms with Crippen molar-refractivity contribution in [3.05, 3.63) is 101 Å². The van der Waals surface area contributed by atoms with E-state index in [0.717, 1.165) is 18.2 Å². The number of carbonyl (C=O) groups is 1. The number of ether oxygens (including phenoxy) is 1. The standard InChI is InChI=1S/C10H9Cl2FO2.2C8H7Cl2FO.2CH4/c1-5(15-6(2)14)9-7(11)3-4-8(13)10(9)12;2*1-4(12)7-5(9)2-3-6(11)8(7)10;;/h3-5H,1-2H3;2*2-4,12H,1H3;2*1H4/t5-;4-;;;/m10.../s1. The van der Waals surface area contributed by atoms with Crippen molar-refractivity contribution < 1.29 is 32.9 Å². The average molecular weight is 701 g/mol. The summed E-state index contributed by atoms with van der Waals surface area (Å²) < 4.78 is 43.6. The Bertz CT molecular complexity index is 1250. The van der Waals surface area contributed by atoms with Gasteiger partial charge in [-0.25, -0.2) is 13.2 Å². The number of hydrogen-bond donors (Lipinski definition) is 2. The molecule has 41 heavy (non-hydrogen) atoms. The normalized spacial score (nSPS) is 12.2. The highest BCUT2D eigenvalue weighted by molar-refractivity contribution is 6.37. The van der Waals surface area contributed by atoms with Crippen LogP contribution in [-0.4, -0.2) is 16.2 Å². The molecule has 0 amide bonds. The van der Waals surface area contributed by atoms with E-state index in [-0.39, 0.29) is 61.7 Å². The van der Waals surface area contributed by atoms with Gasteiger partial charge in [0.1, 0.15) is 23.6 Å². The Balaban J connectivity index is 0. The van der Waals surface area contributed by atoms with E-state index in [4.69, 9.17) is 74.3 Å². The van der Waals surface area contributed by atoms with Gasteiger partial charge in [-0.05, 0) is 57.2 Å². The fraction of sp³-hybridized carbons (Fsp3) is 0.321. The smallest absolute Gasteiger partial charge is 0.303 e. The predicted octanol–water partition coefficient (Wildman–Crippen LogP) is 11.4. The summed E-state index contributed by atoms with van der Waals surface area (Å²) in [6, 6.07) is 7.59. The second kappa shape index (κ2) is 19.0. The lowest BCUT2D eigenvalue weighted by Crippen LogP contribution is -2.06. The molecule has 1 unspecified atom stereocenters. The molecule has 13 heteroatoms. The minimum atomic E-state index is -0.860. The maximum absolute atomic E-state index is 13.1. The SMILES string of the molecule is C.C.CC(=O)O[C@H](C)c1c(Cl)ccc(F)c1Cl.CC(O)c1c(Cl)ccc(F)c1Cl.C[C@H](O)c1c(Cl)ccc(F)c1Cl. The Kier molecular flexibility index (Phi) is 19.3. The molecule has 0 fully saturated rings. The highest BCUT2D eigenvalue weighted by atomic mass is 35.5. The number of aliphatic hydroxyl groups excluding tert-OH is 2. The van der Waals surface area contributed by atoms with Crippen molar-refractivity contribution in [2.75, 3.05) is 0 Å². The van der Waals surface area contributed by atoms with E-state index in [1.165, 1.54) is 39.0 Å². The van der Waals surface area contributed by atoms with Gasteiger partial charge in [0.05, 0.1) is 27.3 Å². The molecular formula is C28H31Cl6F3O4. The summed E-state index contributed by atoms with van der Waals surface area (Å²) in [6.45, 7) is 5.80. The monoisotopic (exact) mass is 698 g/mol. The largest absolute Gasteiger partial charge is 0.458 e. The van der Waals surface area contributed by atoms with Crippen molar-refractivity contribution in [1.82, 2.24) is 0 Å². The molecule has 0 aromatic heterocycles. The zero-order valence-electron chi connectivity index (χ0n) is 20.8. The molecule has 3 atom stereocenters. The minimum absolute atomic E-state index is 0. The van der Waals surface area contributed by atoms with Gasteiger partial charge in [-0.2, -0.15) is 0 Å². The molecule has 0 aliphatic heterocycles. The van der Waals surface area contributed by atoms with Crippen molar-refractivity contribution in [3.8, 4) is 0 Å². The number of rotatable bonds is 4. The fourth-order valence-electron chi connectivity index (χ4n) is 3.07. The van der Waals surface area contributed by atoms with Crippen LogP contribution >= 0.6 is 69.6 Å². The molecule has 0 radical (unpaired) electrons. The molecule has 4 nitrogen and oxygen atoms in total. The Morgan fingerprint density at radius 3 is 1.15 bits per heavy atom. The summed E-state index contributed by atoms with van der Waals surface area (Å²) in [6.07, 6.45) is -2.39. The third-order valence-electron chi connectivity index (χ3n) is 4.82. The van der Waals surface area contributed by atoms with E-state index in [9.17, 15) is 28.2 Å². The third-order valence-corrected chi connectivity index (χ3v) is 6.96. The van der Waals surface area contributed by atoms with Crippen LogP contribution in [0.1, 0.15) is 77.6 Å². The highest BCUT2D eigenvalue weighted by Crippen LogP contribution is 2.35. The number of esters is 1. The lowest BCUT2D eigenvalue weighted by Gasteiger charge is -2.15. The summed E-state index contributed by atoms with van der Waals surface area (Å²) >= 11 is 34.1. The van der Waals surface area contributed by atoms with Crippen LogP contribution in [0.4, 0.5) is 13.2 Å². The van der Waals surface area contributed by atoms with Gasteiger partial charge in [0, 0.05) is 38.7 Å². The summed E-state index contributed by atoms with van der Waals surface area (Å²) in [5.41, 5.74) is 0.755. The first-order valence-electron chi connectivity index (χ1n) is 10.9. The van der Waals surface area contributed by atoms with Crippen LogP contribution in [-0.2, 0) is 9.53 Å². The molecule has 0 aliphatic rings. The summed E-state index contributed by atoms with van der Waals surface area (Å²) in [5.74, 6) is -2.21. The average Bonchev–Trinajstić information content (AvgIpc) is 2.82. The number of benzene rings is 3. The van der Waals surface area contributed by atoms with Crippen LogP contribution in [0, 0.1) is 17.5 Å². The minimum Gasteiger partial charge on any atom is -0.458 e. The van der Waals surface area contributed by atoms with Gasteiger partial charge in [0.2, 0.25) is 0 Å². The molecule has 0 heterocycles. The van der Waals surface area contributed by atoms with Crippen molar-refractivity contribution in [2.24, 2.45) is 0 Å². The molecule has 0 saturated heterocycles. The number of halogens is 9.